The number of thiazole rings is 1. The summed E-state index contributed by atoms with van der Waals surface area (Å²) in [5.74, 6) is 0.343. The van der Waals surface area contributed by atoms with Gasteiger partial charge in [-0.3, -0.25) is 14.5 Å². The molecule has 5 rings (SSSR count). The third-order valence-corrected chi connectivity index (χ3v) is 7.86. The van der Waals surface area contributed by atoms with E-state index in [1.54, 1.807) is 4.90 Å². The van der Waals surface area contributed by atoms with Crippen molar-refractivity contribution in [2.24, 2.45) is 11.7 Å². The van der Waals surface area contributed by atoms with Crippen LogP contribution in [-0.2, 0) is 4.79 Å². The number of nitrogens with zero attached hydrogens (tertiary/aromatic N) is 3. The highest BCUT2D eigenvalue weighted by molar-refractivity contribution is 7.14. The Kier molecular flexibility index (Phi) is 6.75. The number of para-hydroxylation sites is 1. The van der Waals surface area contributed by atoms with Gasteiger partial charge in [-0.15, -0.1) is 22.7 Å². The number of amides is 2. The molecule has 176 valence electrons. The van der Waals surface area contributed by atoms with E-state index in [4.69, 9.17) is 15.1 Å². The second-order valence-corrected chi connectivity index (χ2v) is 10.3. The van der Waals surface area contributed by atoms with Gasteiger partial charge in [0.1, 0.15) is 11.3 Å². The highest BCUT2D eigenvalue weighted by Gasteiger charge is 2.25. The van der Waals surface area contributed by atoms with Crippen molar-refractivity contribution in [3.05, 3.63) is 58.1 Å². The molecule has 34 heavy (non-hydrogen) atoms. The summed E-state index contributed by atoms with van der Waals surface area (Å²) in [4.78, 5) is 34.4. The highest BCUT2D eigenvalue weighted by atomic mass is 32.1. The van der Waals surface area contributed by atoms with Crippen LogP contribution in [0.3, 0.4) is 0 Å². The minimum Gasteiger partial charge on any atom is -0.454 e. The van der Waals surface area contributed by atoms with Gasteiger partial charge in [-0.05, 0) is 55.9 Å². The van der Waals surface area contributed by atoms with Gasteiger partial charge in [-0.25, -0.2) is 4.98 Å². The van der Waals surface area contributed by atoms with Crippen LogP contribution in [0, 0.1) is 5.92 Å². The minimum absolute atomic E-state index is 0.0471. The normalized spacial score (nSPS) is 16.6. The second-order valence-electron chi connectivity index (χ2n) is 8.49. The van der Waals surface area contributed by atoms with Crippen LogP contribution in [0.2, 0.25) is 0 Å². The number of thiophene rings is 1. The van der Waals surface area contributed by atoms with Crippen molar-refractivity contribution in [3.8, 4) is 11.5 Å². The van der Waals surface area contributed by atoms with Gasteiger partial charge in [0.15, 0.2) is 10.9 Å². The molecule has 2 amide bonds. The monoisotopic (exact) mass is 494 g/mol. The Bertz CT molecular complexity index is 1250. The lowest BCUT2D eigenvalue weighted by molar-refractivity contribution is -0.123. The molecule has 4 aromatic rings. The standard InChI is InChI=1S/C25H26N4O3S2/c26-23(30)18-7-3-10-28(15-18)11-5-12-29(24(31)22-9-4-13-33-22)25-27-19(16-34-25)21-14-17-6-1-2-8-20(17)32-21/h1-2,4,6,8-9,13-14,16,18H,3,5,7,10-12,15H2,(H2,26,30). The van der Waals surface area contributed by atoms with Crippen molar-refractivity contribution < 1.29 is 14.0 Å². The summed E-state index contributed by atoms with van der Waals surface area (Å²) in [5.41, 5.74) is 7.06. The average Bonchev–Trinajstić information content (AvgIpc) is 3.61. The van der Waals surface area contributed by atoms with Crippen molar-refractivity contribution in [1.29, 1.82) is 0 Å². The lowest BCUT2D eigenvalue weighted by atomic mass is 9.97. The summed E-state index contributed by atoms with van der Waals surface area (Å²) in [6.45, 7) is 3.00. The molecule has 0 radical (unpaired) electrons. The van der Waals surface area contributed by atoms with Crippen molar-refractivity contribution in [2.75, 3.05) is 31.1 Å². The Morgan fingerprint density at radius 1 is 1.21 bits per heavy atom. The number of furan rings is 1. The first-order chi connectivity index (χ1) is 16.6. The Morgan fingerprint density at radius 2 is 2.09 bits per heavy atom. The van der Waals surface area contributed by atoms with Gasteiger partial charge in [-0.2, -0.15) is 0 Å². The Morgan fingerprint density at radius 3 is 2.88 bits per heavy atom. The minimum atomic E-state index is -0.222. The number of piperidine rings is 1. The van der Waals surface area contributed by atoms with Crippen molar-refractivity contribution in [2.45, 2.75) is 19.3 Å². The summed E-state index contributed by atoms with van der Waals surface area (Å²) < 4.78 is 5.97. The maximum atomic E-state index is 13.3. The predicted molar refractivity (Wildman–Crippen MR) is 136 cm³/mol. The maximum absolute atomic E-state index is 13.3. The lowest BCUT2D eigenvalue weighted by Crippen LogP contribution is -2.42. The number of carbonyl (C=O) groups is 2. The van der Waals surface area contributed by atoms with Crippen molar-refractivity contribution >= 4 is 50.6 Å². The van der Waals surface area contributed by atoms with E-state index in [0.29, 0.717) is 28.9 Å². The Balaban J connectivity index is 1.32. The van der Waals surface area contributed by atoms with Gasteiger partial charge >= 0.3 is 0 Å². The van der Waals surface area contributed by atoms with E-state index in [9.17, 15) is 9.59 Å². The molecule has 7 nitrogen and oxygen atoms in total. The van der Waals surface area contributed by atoms with Crippen LogP contribution in [0.25, 0.3) is 22.4 Å². The molecule has 1 aromatic carbocycles. The van der Waals surface area contributed by atoms with Crippen LogP contribution in [0.15, 0.2) is 57.6 Å². The van der Waals surface area contributed by atoms with Crippen LogP contribution < -0.4 is 10.6 Å². The number of anilines is 1. The molecule has 9 heteroatoms. The third kappa shape index (κ3) is 4.91. The van der Waals surface area contributed by atoms with Crippen LogP contribution in [0.1, 0.15) is 28.9 Å². The molecule has 1 fully saturated rings. The SMILES string of the molecule is NC(=O)C1CCCN(CCCN(C(=O)c2cccs2)c2nc(-c3cc4ccccc4o3)cs2)C1. The van der Waals surface area contributed by atoms with Crippen LogP contribution >= 0.6 is 22.7 Å². The fourth-order valence-electron chi connectivity index (χ4n) is 4.37. The van der Waals surface area contributed by atoms with E-state index in [2.05, 4.69) is 4.90 Å². The molecular formula is C25H26N4O3S2. The number of aromatic nitrogens is 1. The van der Waals surface area contributed by atoms with Crippen LogP contribution in [-0.4, -0.2) is 47.9 Å². The largest absolute Gasteiger partial charge is 0.454 e. The van der Waals surface area contributed by atoms with E-state index >= 15 is 0 Å². The second kappa shape index (κ2) is 10.1. The molecule has 0 saturated carbocycles. The third-order valence-electron chi connectivity index (χ3n) is 6.14. The molecule has 4 heterocycles. The number of likely N-dealkylation sites (tertiary alicyclic amines) is 1. The molecular weight excluding hydrogens is 468 g/mol. The first-order valence-electron chi connectivity index (χ1n) is 11.4. The molecule has 0 aliphatic carbocycles. The first-order valence-corrected chi connectivity index (χ1v) is 13.2. The summed E-state index contributed by atoms with van der Waals surface area (Å²) >= 11 is 2.87. The number of carbonyl (C=O) groups excluding carboxylic acids is 2. The number of rotatable bonds is 8. The molecule has 1 aliphatic rings. The van der Waals surface area contributed by atoms with Crippen LogP contribution in [0.5, 0.6) is 0 Å². The van der Waals surface area contributed by atoms with E-state index in [0.717, 1.165) is 49.0 Å². The number of fused-ring (bicyclic) bond motifs is 1. The molecule has 3 aromatic heterocycles. The van der Waals surface area contributed by atoms with Gasteiger partial charge in [0, 0.05) is 23.9 Å². The molecule has 1 unspecified atom stereocenters. The fourth-order valence-corrected chi connectivity index (χ4v) is 5.88. The number of primary amides is 1. The topological polar surface area (TPSA) is 92.7 Å². The summed E-state index contributed by atoms with van der Waals surface area (Å²) in [5, 5.41) is 5.52. The Hall–Kier alpha value is -3.01. The first kappa shape index (κ1) is 22.8. The predicted octanol–water partition coefficient (Wildman–Crippen LogP) is 4.85. The van der Waals surface area contributed by atoms with Gasteiger partial charge < -0.3 is 15.1 Å². The summed E-state index contributed by atoms with van der Waals surface area (Å²) in [6.07, 6.45) is 2.61. The van der Waals surface area contributed by atoms with E-state index in [1.165, 1.54) is 22.7 Å². The van der Waals surface area contributed by atoms with Gasteiger partial charge in [0.25, 0.3) is 5.91 Å². The van der Waals surface area contributed by atoms with E-state index in [-0.39, 0.29) is 17.7 Å². The van der Waals surface area contributed by atoms with Gasteiger partial charge in [0.05, 0.1) is 10.8 Å². The zero-order valence-corrected chi connectivity index (χ0v) is 20.3. The lowest BCUT2D eigenvalue weighted by Gasteiger charge is -2.31. The number of hydrogen-bond donors (Lipinski definition) is 1. The molecule has 0 bridgehead atoms. The molecule has 2 N–H and O–H groups in total. The molecule has 1 atom stereocenters. The summed E-state index contributed by atoms with van der Waals surface area (Å²) in [7, 11) is 0. The quantitative estimate of drug-likeness (QED) is 0.378. The maximum Gasteiger partial charge on any atom is 0.270 e. The Labute approximate surface area is 205 Å². The smallest absolute Gasteiger partial charge is 0.270 e. The number of nitrogens with two attached hydrogens (primary N) is 1. The average molecular weight is 495 g/mol. The zero-order valence-electron chi connectivity index (χ0n) is 18.7. The van der Waals surface area contributed by atoms with Crippen molar-refractivity contribution in [3.63, 3.8) is 0 Å². The fraction of sp³-hybridized carbons (Fsp3) is 0.320. The summed E-state index contributed by atoms with van der Waals surface area (Å²) in [6, 6.07) is 13.6. The molecule has 1 aliphatic heterocycles. The van der Waals surface area contributed by atoms with Gasteiger partial charge in [0.2, 0.25) is 5.91 Å². The molecule has 0 spiro atoms. The van der Waals surface area contributed by atoms with Crippen molar-refractivity contribution in [1.82, 2.24) is 9.88 Å². The van der Waals surface area contributed by atoms with Crippen LogP contribution in [0.4, 0.5) is 5.13 Å². The zero-order chi connectivity index (χ0) is 23.5. The molecule has 1 saturated heterocycles. The van der Waals surface area contributed by atoms with E-state index in [1.807, 2.05) is 53.2 Å². The number of hydrogen-bond acceptors (Lipinski definition) is 7. The van der Waals surface area contributed by atoms with E-state index < -0.39 is 0 Å². The van der Waals surface area contributed by atoms with Gasteiger partial charge in [-0.1, -0.05) is 24.3 Å². The number of benzene rings is 1. The highest BCUT2D eigenvalue weighted by Crippen LogP contribution is 2.32.